The second kappa shape index (κ2) is 11.5. The lowest BCUT2D eigenvalue weighted by atomic mass is 9.95. The van der Waals surface area contributed by atoms with Crippen LogP contribution in [-0.4, -0.2) is 43.8 Å². The van der Waals surface area contributed by atoms with Gasteiger partial charge in [-0.05, 0) is 47.0 Å². The number of carbonyl (C=O) groups excluding carboxylic acids is 3. The Balaban J connectivity index is 1.42. The van der Waals surface area contributed by atoms with Crippen LogP contribution in [0.4, 0.5) is 4.39 Å². The summed E-state index contributed by atoms with van der Waals surface area (Å²) in [6.45, 7) is 6.84. The number of ketones is 1. The Kier molecular flexibility index (Phi) is 7.72. The normalized spacial score (nSPS) is 14.4. The highest BCUT2D eigenvalue weighted by atomic mass is 19.1. The molecule has 2 amide bonds. The highest BCUT2D eigenvalue weighted by molar-refractivity contribution is 5.95. The van der Waals surface area contributed by atoms with E-state index in [4.69, 9.17) is 5.10 Å². The second-order valence-electron chi connectivity index (χ2n) is 10.0. The number of halogens is 1. The minimum Gasteiger partial charge on any atom is -0.357 e. The number of H-pyrrole nitrogens is 1. The zero-order chi connectivity index (χ0) is 28.2. The van der Waals surface area contributed by atoms with Gasteiger partial charge in [-0.1, -0.05) is 49.9 Å². The maximum Gasteiger partial charge on any atom is 0.272 e. The number of benzene rings is 2. The summed E-state index contributed by atoms with van der Waals surface area (Å²) >= 11 is 0. The summed E-state index contributed by atoms with van der Waals surface area (Å²) in [5.74, 6) is -0.992. The third-order valence-corrected chi connectivity index (χ3v) is 7.03. The van der Waals surface area contributed by atoms with Crippen LogP contribution in [0.3, 0.4) is 0 Å². The highest BCUT2D eigenvalue weighted by Crippen LogP contribution is 2.32. The van der Waals surface area contributed by atoms with Gasteiger partial charge in [0.1, 0.15) is 11.5 Å². The van der Waals surface area contributed by atoms with Gasteiger partial charge in [-0.15, -0.1) is 0 Å². The number of hydrogen-bond acceptors (Lipinski definition) is 4. The third-order valence-electron chi connectivity index (χ3n) is 7.03. The molecule has 0 spiro atoms. The molecule has 1 unspecified atom stereocenters. The first-order chi connectivity index (χ1) is 19.3. The van der Waals surface area contributed by atoms with Gasteiger partial charge in [0.05, 0.1) is 13.1 Å². The van der Waals surface area contributed by atoms with Crippen LogP contribution in [0.25, 0.3) is 0 Å². The number of nitrogens with one attached hydrogen (secondary N) is 2. The number of nitrogens with zero attached hydrogens (tertiary/aromatic N) is 3. The molecule has 3 heterocycles. The highest BCUT2D eigenvalue weighted by Gasteiger charge is 2.34. The average Bonchev–Trinajstić information content (AvgIpc) is 3.62. The van der Waals surface area contributed by atoms with Crippen LogP contribution < -0.4 is 5.32 Å². The molecular weight excluding hydrogens is 509 g/mol. The van der Waals surface area contributed by atoms with E-state index >= 15 is 0 Å². The largest absolute Gasteiger partial charge is 0.357 e. The van der Waals surface area contributed by atoms with Crippen molar-refractivity contribution in [1.29, 1.82) is 0 Å². The molecule has 2 N–H and O–H groups in total. The maximum absolute atomic E-state index is 13.5. The van der Waals surface area contributed by atoms with E-state index in [1.54, 1.807) is 40.0 Å². The van der Waals surface area contributed by atoms with Crippen molar-refractivity contribution in [3.05, 3.63) is 125 Å². The van der Waals surface area contributed by atoms with E-state index in [-0.39, 0.29) is 54.5 Å². The van der Waals surface area contributed by atoms with Crippen molar-refractivity contribution in [1.82, 2.24) is 25.0 Å². The Morgan fingerprint density at radius 3 is 2.60 bits per heavy atom. The minimum atomic E-state index is -0.358. The zero-order valence-corrected chi connectivity index (χ0v) is 22.2. The molecule has 0 aliphatic carbocycles. The maximum atomic E-state index is 13.5. The van der Waals surface area contributed by atoms with E-state index in [2.05, 4.69) is 16.9 Å². The predicted octanol–water partition coefficient (Wildman–Crippen LogP) is 4.39. The van der Waals surface area contributed by atoms with Crippen LogP contribution in [-0.2, 0) is 30.8 Å². The zero-order valence-electron chi connectivity index (χ0n) is 22.2. The van der Waals surface area contributed by atoms with Gasteiger partial charge < -0.3 is 15.2 Å². The lowest BCUT2D eigenvalue weighted by molar-refractivity contribution is -0.114. The van der Waals surface area contributed by atoms with Crippen LogP contribution in [0, 0.1) is 5.82 Å². The van der Waals surface area contributed by atoms with E-state index in [0.717, 1.165) is 22.4 Å². The van der Waals surface area contributed by atoms with Crippen molar-refractivity contribution in [2.75, 3.05) is 6.54 Å². The topological polar surface area (TPSA) is 100 Å². The summed E-state index contributed by atoms with van der Waals surface area (Å²) < 4.78 is 15.3. The van der Waals surface area contributed by atoms with Crippen molar-refractivity contribution in [2.24, 2.45) is 0 Å². The summed E-state index contributed by atoms with van der Waals surface area (Å²) in [6, 6.07) is 17.1. The Morgan fingerprint density at radius 2 is 1.88 bits per heavy atom. The van der Waals surface area contributed by atoms with Crippen LogP contribution in [0.5, 0.6) is 0 Å². The van der Waals surface area contributed by atoms with Gasteiger partial charge in [0, 0.05) is 42.9 Å². The number of fused-ring (bicyclic) bond motifs is 1. The molecule has 2 aromatic heterocycles. The first kappa shape index (κ1) is 26.8. The van der Waals surface area contributed by atoms with Gasteiger partial charge in [-0.2, -0.15) is 5.10 Å². The molecule has 4 aromatic rings. The molecule has 2 aromatic carbocycles. The molecule has 5 rings (SSSR count). The van der Waals surface area contributed by atoms with Gasteiger partial charge in [0.15, 0.2) is 11.5 Å². The molecular formula is C31H30FN5O3. The van der Waals surface area contributed by atoms with E-state index in [9.17, 15) is 18.8 Å². The molecule has 0 bridgehead atoms. The van der Waals surface area contributed by atoms with E-state index in [0.29, 0.717) is 24.3 Å². The quantitative estimate of drug-likeness (QED) is 0.308. The summed E-state index contributed by atoms with van der Waals surface area (Å²) in [5.41, 5.74) is 4.85. The molecule has 0 saturated heterocycles. The summed E-state index contributed by atoms with van der Waals surface area (Å²) in [5, 5.41) is 7.66. The smallest absolute Gasteiger partial charge is 0.272 e. The van der Waals surface area contributed by atoms with E-state index in [1.165, 1.54) is 18.2 Å². The molecule has 8 nitrogen and oxygen atoms in total. The number of allylic oxidation sites excluding steroid dienone is 1. The summed E-state index contributed by atoms with van der Waals surface area (Å²) in [4.78, 5) is 43.1. The number of carbonyl (C=O) groups is 3. The number of rotatable bonds is 9. The first-order valence-electron chi connectivity index (χ1n) is 13.1. The molecule has 1 atom stereocenters. The van der Waals surface area contributed by atoms with E-state index in [1.807, 2.05) is 31.2 Å². The number of amides is 2. The van der Waals surface area contributed by atoms with Gasteiger partial charge in [-0.25, -0.2) is 4.39 Å². The number of hydrogen-bond donors (Lipinski definition) is 2. The Morgan fingerprint density at radius 1 is 1.10 bits per heavy atom. The fourth-order valence-electron chi connectivity index (χ4n) is 5.14. The van der Waals surface area contributed by atoms with Crippen molar-refractivity contribution in [3.8, 4) is 0 Å². The molecule has 9 heteroatoms. The summed E-state index contributed by atoms with van der Waals surface area (Å²) in [7, 11) is 0. The number of aromatic nitrogens is 3. The van der Waals surface area contributed by atoms with Crippen LogP contribution in [0.1, 0.15) is 61.8 Å². The van der Waals surface area contributed by atoms with Gasteiger partial charge in [0.2, 0.25) is 0 Å². The van der Waals surface area contributed by atoms with Crippen molar-refractivity contribution < 1.29 is 18.8 Å². The Hall–Kier alpha value is -4.79. The molecule has 0 fully saturated rings. The second-order valence-corrected chi connectivity index (χ2v) is 10.0. The van der Waals surface area contributed by atoms with Gasteiger partial charge in [-0.3, -0.25) is 19.1 Å². The van der Waals surface area contributed by atoms with Gasteiger partial charge >= 0.3 is 0 Å². The van der Waals surface area contributed by atoms with Crippen LogP contribution >= 0.6 is 0 Å². The third kappa shape index (κ3) is 5.78. The van der Waals surface area contributed by atoms with Crippen molar-refractivity contribution >= 4 is 17.6 Å². The molecule has 0 saturated carbocycles. The average molecular weight is 540 g/mol. The first-order valence-corrected chi connectivity index (χ1v) is 13.1. The molecule has 0 radical (unpaired) electrons. The monoisotopic (exact) mass is 539 g/mol. The molecule has 1 aliphatic rings. The Labute approximate surface area is 231 Å². The lowest BCUT2D eigenvalue weighted by Gasteiger charge is -2.32. The lowest BCUT2D eigenvalue weighted by Crippen LogP contribution is -2.39. The number of aromatic amines is 1. The Bertz CT molecular complexity index is 1560. The van der Waals surface area contributed by atoms with Gasteiger partial charge in [0.25, 0.3) is 11.8 Å². The fourth-order valence-corrected chi connectivity index (χ4v) is 5.14. The summed E-state index contributed by atoms with van der Waals surface area (Å²) in [6.07, 6.45) is 3.24. The molecule has 40 heavy (non-hydrogen) atoms. The minimum absolute atomic E-state index is 0.0768. The van der Waals surface area contributed by atoms with E-state index < -0.39 is 0 Å². The predicted molar refractivity (Wildman–Crippen MR) is 148 cm³/mol. The van der Waals surface area contributed by atoms with Crippen LogP contribution in [0.2, 0.25) is 0 Å². The fraction of sp³-hybridized carbons (Fsp3) is 0.226. The SMILES string of the molecule is C=CC(=O)Cc1cccc(CNC(=O)c2nn(Cc3ccc(F)cc3)c3c2CN(C(=O)c2ccc[nH]2)CC3C)c1. The molecule has 204 valence electrons. The van der Waals surface area contributed by atoms with Crippen molar-refractivity contribution in [2.45, 2.75) is 38.9 Å². The van der Waals surface area contributed by atoms with Crippen molar-refractivity contribution in [3.63, 3.8) is 0 Å². The standard InChI is InChI=1S/C31H30FN5O3/c1-3-25(38)15-22-6-4-7-23(14-22)16-34-30(39)28-26-19-36(31(40)27-8-5-13-33-27)17-20(2)29(26)37(35-28)18-21-9-11-24(32)12-10-21/h3-14,20,33H,1,15-19H2,2H3,(H,34,39). The molecule has 1 aliphatic heterocycles. The van der Waals surface area contributed by atoms with Crippen LogP contribution in [0.15, 0.2) is 79.5 Å².